The number of aliphatic hydroxyl groups is 1. The predicted octanol–water partition coefficient (Wildman–Crippen LogP) is 3.59. The van der Waals surface area contributed by atoms with Crippen molar-refractivity contribution in [3.63, 3.8) is 0 Å². The first-order chi connectivity index (χ1) is 11.9. The molecule has 1 amide bonds. The largest absolute Gasteiger partial charge is 0.445 e. The van der Waals surface area contributed by atoms with E-state index in [1.165, 1.54) is 20.3 Å². The Balaban J connectivity index is 1.94. The summed E-state index contributed by atoms with van der Waals surface area (Å²) in [5.74, 6) is -0.00393. The fraction of sp³-hybridized carbons (Fsp3) is 0.600. The molecule has 1 aliphatic rings. The highest BCUT2D eigenvalue weighted by Crippen LogP contribution is 2.29. The van der Waals surface area contributed by atoms with Crippen molar-refractivity contribution in [2.45, 2.75) is 70.6 Å². The van der Waals surface area contributed by atoms with Gasteiger partial charge in [0.05, 0.1) is 0 Å². The van der Waals surface area contributed by atoms with Gasteiger partial charge in [0.15, 0.2) is 5.78 Å². The Morgan fingerprint density at radius 2 is 1.84 bits per heavy atom. The minimum atomic E-state index is -1.39. The molecular formula is C20H29NO4. The van der Waals surface area contributed by atoms with E-state index >= 15 is 0 Å². The number of Topliss-reactive ketones (excluding diaryl/α,β-unsaturated/α-hetero) is 1. The molecule has 1 aromatic carbocycles. The molecule has 0 saturated heterocycles. The number of rotatable bonds is 7. The molecule has 5 heteroatoms. The van der Waals surface area contributed by atoms with Gasteiger partial charge >= 0.3 is 6.09 Å². The maximum atomic E-state index is 12.2. The zero-order valence-electron chi connectivity index (χ0n) is 15.2. The second-order valence-electron chi connectivity index (χ2n) is 7.40. The zero-order chi connectivity index (χ0) is 18.3. The summed E-state index contributed by atoms with van der Waals surface area (Å²) in [5.41, 5.74) is -0.470. The van der Waals surface area contributed by atoms with Gasteiger partial charge < -0.3 is 15.2 Å². The lowest BCUT2D eigenvalue weighted by Crippen LogP contribution is -2.45. The first-order valence-electron chi connectivity index (χ1n) is 9.09. The number of hydrogen-bond donors (Lipinski definition) is 2. The van der Waals surface area contributed by atoms with Crippen molar-refractivity contribution in [3.05, 3.63) is 35.9 Å². The van der Waals surface area contributed by atoms with E-state index in [0.717, 1.165) is 31.2 Å². The number of carbonyl (C=O) groups is 2. The molecule has 1 fully saturated rings. The molecule has 1 aliphatic carbocycles. The standard InChI is InChI=1S/C20H29NO4/c1-20(2,24)18(22)13-17(16-11-7-4-8-12-16)21-19(23)25-14-15-9-5-3-6-10-15/h3,5-6,9-10,16-17,24H,4,7-8,11-14H2,1-2H3,(H,21,23)/t17-/m1/s1. The van der Waals surface area contributed by atoms with E-state index < -0.39 is 11.7 Å². The van der Waals surface area contributed by atoms with E-state index in [-0.39, 0.29) is 30.8 Å². The molecule has 2 rings (SSSR count). The van der Waals surface area contributed by atoms with E-state index in [1.54, 1.807) is 0 Å². The SMILES string of the molecule is CC(C)(O)C(=O)C[C@@H](NC(=O)OCc1ccccc1)C1CCCCC1. The minimum Gasteiger partial charge on any atom is -0.445 e. The van der Waals surface area contributed by atoms with Gasteiger partial charge in [-0.2, -0.15) is 0 Å². The van der Waals surface area contributed by atoms with Crippen LogP contribution in [0.4, 0.5) is 4.79 Å². The van der Waals surface area contributed by atoms with Crippen LogP contribution in [0.2, 0.25) is 0 Å². The third kappa shape index (κ3) is 6.50. The van der Waals surface area contributed by atoms with Crippen molar-refractivity contribution in [1.82, 2.24) is 5.32 Å². The fourth-order valence-corrected chi connectivity index (χ4v) is 3.24. The van der Waals surface area contributed by atoms with Crippen LogP contribution in [0.5, 0.6) is 0 Å². The monoisotopic (exact) mass is 347 g/mol. The molecule has 1 aromatic rings. The summed E-state index contributed by atoms with van der Waals surface area (Å²) < 4.78 is 5.29. The van der Waals surface area contributed by atoms with Crippen LogP contribution in [0.3, 0.4) is 0 Å². The quantitative estimate of drug-likeness (QED) is 0.790. The van der Waals surface area contributed by atoms with Gasteiger partial charge in [0.25, 0.3) is 0 Å². The van der Waals surface area contributed by atoms with Crippen molar-refractivity contribution in [1.29, 1.82) is 0 Å². The second-order valence-corrected chi connectivity index (χ2v) is 7.40. The summed E-state index contributed by atoms with van der Waals surface area (Å²) in [6.07, 6.45) is 5.02. The van der Waals surface area contributed by atoms with Crippen LogP contribution in [-0.2, 0) is 16.1 Å². The maximum Gasteiger partial charge on any atom is 0.407 e. The third-order valence-corrected chi connectivity index (χ3v) is 4.82. The van der Waals surface area contributed by atoms with Crippen LogP contribution in [0.1, 0.15) is 57.9 Å². The Bertz CT molecular complexity index is 559. The van der Waals surface area contributed by atoms with Gasteiger partial charge in [-0.1, -0.05) is 49.6 Å². The second kappa shape index (κ2) is 8.99. The molecule has 1 saturated carbocycles. The van der Waals surface area contributed by atoms with Crippen LogP contribution in [0, 0.1) is 5.92 Å². The lowest BCUT2D eigenvalue weighted by molar-refractivity contribution is -0.134. The van der Waals surface area contributed by atoms with Gasteiger partial charge in [-0.25, -0.2) is 4.79 Å². The van der Waals surface area contributed by atoms with Crippen molar-refractivity contribution >= 4 is 11.9 Å². The van der Waals surface area contributed by atoms with Crippen LogP contribution in [-0.4, -0.2) is 28.6 Å². The third-order valence-electron chi connectivity index (χ3n) is 4.82. The number of hydrogen-bond acceptors (Lipinski definition) is 4. The molecule has 5 nitrogen and oxygen atoms in total. The zero-order valence-corrected chi connectivity index (χ0v) is 15.2. The summed E-state index contributed by atoms with van der Waals surface area (Å²) in [7, 11) is 0. The average Bonchev–Trinajstić information content (AvgIpc) is 2.60. The molecule has 0 aliphatic heterocycles. The Kier molecular flexibility index (Phi) is 7.00. The molecule has 0 spiro atoms. The number of alkyl carbamates (subject to hydrolysis) is 1. The topological polar surface area (TPSA) is 75.6 Å². The van der Waals surface area contributed by atoms with E-state index in [4.69, 9.17) is 4.74 Å². The molecule has 0 aromatic heterocycles. The Morgan fingerprint density at radius 1 is 1.20 bits per heavy atom. The van der Waals surface area contributed by atoms with Gasteiger partial charge in [-0.15, -0.1) is 0 Å². The molecule has 0 radical (unpaired) electrons. The van der Waals surface area contributed by atoms with Gasteiger partial charge in [0.1, 0.15) is 12.2 Å². The van der Waals surface area contributed by atoms with Crippen LogP contribution < -0.4 is 5.32 Å². The normalized spacial score (nSPS) is 16.9. The van der Waals surface area contributed by atoms with Gasteiger partial charge in [-0.05, 0) is 38.2 Å². The first-order valence-corrected chi connectivity index (χ1v) is 9.09. The molecule has 0 bridgehead atoms. The highest BCUT2D eigenvalue weighted by Gasteiger charge is 2.32. The van der Waals surface area contributed by atoms with Crippen molar-refractivity contribution < 1.29 is 19.4 Å². The maximum absolute atomic E-state index is 12.2. The highest BCUT2D eigenvalue weighted by molar-refractivity contribution is 5.87. The summed E-state index contributed by atoms with van der Waals surface area (Å²) in [4.78, 5) is 24.4. The number of ketones is 1. The number of ether oxygens (including phenoxy) is 1. The smallest absolute Gasteiger partial charge is 0.407 e. The highest BCUT2D eigenvalue weighted by atomic mass is 16.5. The van der Waals surface area contributed by atoms with Crippen LogP contribution in [0.15, 0.2) is 30.3 Å². The number of benzene rings is 1. The minimum absolute atomic E-state index is 0.134. The summed E-state index contributed by atoms with van der Waals surface area (Å²) in [5, 5.41) is 12.8. The first kappa shape index (κ1) is 19.4. The molecule has 2 N–H and O–H groups in total. The fourth-order valence-electron chi connectivity index (χ4n) is 3.24. The Labute approximate surface area is 149 Å². The van der Waals surface area contributed by atoms with Gasteiger partial charge in [0.2, 0.25) is 0 Å². The molecule has 25 heavy (non-hydrogen) atoms. The summed E-state index contributed by atoms with van der Waals surface area (Å²) in [6, 6.07) is 9.19. The Morgan fingerprint density at radius 3 is 2.44 bits per heavy atom. The molecule has 138 valence electrons. The van der Waals surface area contributed by atoms with E-state index in [9.17, 15) is 14.7 Å². The van der Waals surface area contributed by atoms with Gasteiger partial charge in [-0.3, -0.25) is 4.79 Å². The van der Waals surface area contributed by atoms with E-state index in [0.29, 0.717) is 0 Å². The van der Waals surface area contributed by atoms with Crippen LogP contribution in [0.25, 0.3) is 0 Å². The van der Waals surface area contributed by atoms with Crippen molar-refractivity contribution in [2.75, 3.05) is 0 Å². The predicted molar refractivity (Wildman–Crippen MR) is 96.0 cm³/mol. The Hall–Kier alpha value is -1.88. The molecular weight excluding hydrogens is 318 g/mol. The van der Waals surface area contributed by atoms with E-state index in [1.807, 2.05) is 30.3 Å². The summed E-state index contributed by atoms with van der Waals surface area (Å²) in [6.45, 7) is 3.17. The summed E-state index contributed by atoms with van der Waals surface area (Å²) >= 11 is 0. The van der Waals surface area contributed by atoms with Gasteiger partial charge in [0, 0.05) is 12.5 Å². The molecule has 0 heterocycles. The lowest BCUT2D eigenvalue weighted by atomic mass is 9.81. The van der Waals surface area contributed by atoms with E-state index in [2.05, 4.69) is 5.32 Å². The lowest BCUT2D eigenvalue weighted by Gasteiger charge is -2.31. The number of amides is 1. The van der Waals surface area contributed by atoms with Crippen LogP contribution >= 0.6 is 0 Å². The van der Waals surface area contributed by atoms with Crippen molar-refractivity contribution in [2.24, 2.45) is 5.92 Å². The molecule has 0 unspecified atom stereocenters. The molecule has 1 atom stereocenters. The average molecular weight is 347 g/mol. The number of carbonyl (C=O) groups excluding carboxylic acids is 2. The van der Waals surface area contributed by atoms with Crippen molar-refractivity contribution in [3.8, 4) is 0 Å². The number of nitrogens with one attached hydrogen (secondary N) is 1.